The fourth-order valence-electron chi connectivity index (χ4n) is 4.86. The van der Waals surface area contributed by atoms with Crippen LogP contribution in [0.3, 0.4) is 0 Å². The molecular weight excluding hydrogens is 408 g/mol. The maximum absolute atomic E-state index is 6.02. The summed E-state index contributed by atoms with van der Waals surface area (Å²) in [6, 6.07) is 19.3. The van der Waals surface area contributed by atoms with E-state index in [2.05, 4.69) is 67.4 Å². The van der Waals surface area contributed by atoms with Crippen molar-refractivity contribution in [3.05, 3.63) is 65.7 Å². The molecule has 1 aliphatic heterocycles. The van der Waals surface area contributed by atoms with E-state index in [1.807, 2.05) is 13.0 Å². The topological polar surface area (TPSA) is 34.6 Å². The van der Waals surface area contributed by atoms with E-state index in [1.54, 1.807) is 0 Å². The first-order chi connectivity index (χ1) is 16.2. The number of ether oxygens (including phenoxy) is 2. The predicted octanol–water partition coefficient (Wildman–Crippen LogP) is 6.62. The van der Waals surface area contributed by atoms with Crippen molar-refractivity contribution >= 4 is 21.7 Å². The number of aromatic nitrogens is 1. The molecule has 0 amide bonds. The summed E-state index contributed by atoms with van der Waals surface area (Å²) in [5.74, 6) is 1.61. The van der Waals surface area contributed by atoms with Crippen LogP contribution < -0.4 is 9.47 Å². The zero-order valence-corrected chi connectivity index (χ0v) is 19.9. The Morgan fingerprint density at radius 2 is 1.82 bits per heavy atom. The van der Waals surface area contributed by atoms with Crippen LogP contribution in [-0.2, 0) is 13.0 Å². The minimum Gasteiger partial charge on any atom is -0.490 e. The van der Waals surface area contributed by atoms with Gasteiger partial charge in [0.15, 0.2) is 11.5 Å². The van der Waals surface area contributed by atoms with Crippen LogP contribution in [0, 0.1) is 0 Å². The van der Waals surface area contributed by atoms with Crippen LogP contribution in [0.1, 0.15) is 37.8 Å². The second kappa shape index (κ2) is 9.40. The molecule has 170 valence electrons. The van der Waals surface area contributed by atoms with Gasteiger partial charge in [-0.1, -0.05) is 43.7 Å². The molecule has 1 aliphatic rings. The van der Waals surface area contributed by atoms with Crippen LogP contribution in [0.25, 0.3) is 32.9 Å². The lowest BCUT2D eigenvalue weighted by Gasteiger charge is -2.28. The third kappa shape index (κ3) is 4.16. The molecule has 0 saturated carbocycles. The molecule has 33 heavy (non-hydrogen) atoms. The lowest BCUT2D eigenvalue weighted by atomic mass is 9.89. The fourth-order valence-corrected chi connectivity index (χ4v) is 4.86. The molecule has 3 aromatic carbocycles. The van der Waals surface area contributed by atoms with E-state index in [0.29, 0.717) is 13.2 Å². The Hall–Kier alpha value is -3.11. The highest BCUT2D eigenvalue weighted by Gasteiger charge is 2.23. The molecule has 0 spiro atoms. The van der Waals surface area contributed by atoms with Crippen LogP contribution in [0.2, 0.25) is 0 Å². The van der Waals surface area contributed by atoms with Gasteiger partial charge in [0.25, 0.3) is 0 Å². The van der Waals surface area contributed by atoms with E-state index in [0.717, 1.165) is 60.6 Å². The summed E-state index contributed by atoms with van der Waals surface area (Å²) in [6.45, 7) is 7.45. The Bertz CT molecular complexity index is 1300. The van der Waals surface area contributed by atoms with Gasteiger partial charge >= 0.3 is 0 Å². The Kier molecular flexibility index (Phi) is 6.19. The molecule has 2 heterocycles. The minimum atomic E-state index is 0.603. The lowest BCUT2D eigenvalue weighted by Crippen LogP contribution is -2.27. The lowest BCUT2D eigenvalue weighted by molar-refractivity contribution is 0.273. The Labute approximate surface area is 196 Å². The maximum atomic E-state index is 6.02. The van der Waals surface area contributed by atoms with Gasteiger partial charge in [0.2, 0.25) is 0 Å². The number of pyridine rings is 1. The van der Waals surface area contributed by atoms with Gasteiger partial charge in [0.1, 0.15) is 0 Å². The SMILES string of the molecule is CCCCOc1ccc(-c2nc3ccc4ccccc4c3c3c2CN(C)CC3)cc1OCC. The molecule has 5 rings (SSSR count). The van der Waals surface area contributed by atoms with E-state index in [9.17, 15) is 0 Å². The zero-order valence-electron chi connectivity index (χ0n) is 19.9. The van der Waals surface area contributed by atoms with Crippen molar-refractivity contribution < 1.29 is 9.47 Å². The Morgan fingerprint density at radius 1 is 0.939 bits per heavy atom. The number of hydrogen-bond donors (Lipinski definition) is 0. The quantitative estimate of drug-likeness (QED) is 0.239. The van der Waals surface area contributed by atoms with Crippen LogP contribution in [0.15, 0.2) is 54.6 Å². The monoisotopic (exact) mass is 440 g/mol. The highest BCUT2D eigenvalue weighted by molar-refractivity contribution is 6.09. The van der Waals surface area contributed by atoms with Gasteiger partial charge in [-0.05, 0) is 73.0 Å². The molecule has 4 nitrogen and oxygen atoms in total. The van der Waals surface area contributed by atoms with E-state index in [1.165, 1.54) is 27.3 Å². The standard InChI is InChI=1S/C29H32N2O2/c1-4-6-17-33-26-14-12-21(18-27(26)32-5-2)29-24-19-31(3)16-15-23(24)28-22-10-8-7-9-20(22)11-13-25(28)30-29/h7-14,18H,4-6,15-17,19H2,1-3H3. The van der Waals surface area contributed by atoms with Crippen molar-refractivity contribution in [3.63, 3.8) is 0 Å². The summed E-state index contributed by atoms with van der Waals surface area (Å²) in [4.78, 5) is 7.61. The van der Waals surface area contributed by atoms with Crippen LogP contribution in [0.5, 0.6) is 11.5 Å². The summed E-state index contributed by atoms with van der Waals surface area (Å²) in [5, 5.41) is 3.88. The first-order valence-electron chi connectivity index (χ1n) is 12.1. The van der Waals surface area contributed by atoms with Gasteiger partial charge in [0.05, 0.1) is 24.4 Å². The van der Waals surface area contributed by atoms with Crippen LogP contribution in [-0.4, -0.2) is 36.7 Å². The second-order valence-corrected chi connectivity index (χ2v) is 8.88. The van der Waals surface area contributed by atoms with Crippen LogP contribution >= 0.6 is 0 Å². The third-order valence-corrected chi connectivity index (χ3v) is 6.54. The Morgan fingerprint density at radius 3 is 2.67 bits per heavy atom. The van der Waals surface area contributed by atoms with Crippen molar-refractivity contribution in [1.82, 2.24) is 9.88 Å². The number of nitrogens with zero attached hydrogens (tertiary/aromatic N) is 2. The molecule has 1 aromatic heterocycles. The molecule has 0 radical (unpaired) electrons. The molecule has 0 saturated heterocycles. The van der Waals surface area contributed by atoms with Crippen molar-refractivity contribution in [1.29, 1.82) is 0 Å². The molecule has 0 unspecified atom stereocenters. The smallest absolute Gasteiger partial charge is 0.161 e. The molecule has 0 bridgehead atoms. The molecule has 0 fully saturated rings. The van der Waals surface area contributed by atoms with E-state index < -0.39 is 0 Å². The number of fused-ring (bicyclic) bond motifs is 5. The number of hydrogen-bond acceptors (Lipinski definition) is 4. The maximum Gasteiger partial charge on any atom is 0.161 e. The molecular formula is C29H32N2O2. The van der Waals surface area contributed by atoms with Gasteiger partial charge in [-0.2, -0.15) is 0 Å². The fraction of sp³-hybridized carbons (Fsp3) is 0.345. The normalized spacial score (nSPS) is 13.9. The van der Waals surface area contributed by atoms with Gasteiger partial charge in [-0.3, -0.25) is 0 Å². The summed E-state index contributed by atoms with van der Waals surface area (Å²) in [7, 11) is 2.19. The van der Waals surface area contributed by atoms with Gasteiger partial charge < -0.3 is 14.4 Å². The molecule has 4 aromatic rings. The van der Waals surface area contributed by atoms with Crippen molar-refractivity contribution in [2.75, 3.05) is 26.8 Å². The number of unbranched alkanes of at least 4 members (excludes halogenated alkanes) is 1. The van der Waals surface area contributed by atoms with E-state index >= 15 is 0 Å². The number of likely N-dealkylation sites (N-methyl/N-ethyl adjacent to an activating group) is 1. The van der Waals surface area contributed by atoms with Crippen molar-refractivity contribution in [2.45, 2.75) is 39.7 Å². The highest BCUT2D eigenvalue weighted by Crippen LogP contribution is 2.39. The predicted molar refractivity (Wildman–Crippen MR) is 136 cm³/mol. The molecule has 0 N–H and O–H groups in total. The first-order valence-corrected chi connectivity index (χ1v) is 12.1. The van der Waals surface area contributed by atoms with Gasteiger partial charge in [0, 0.05) is 24.0 Å². The third-order valence-electron chi connectivity index (χ3n) is 6.54. The van der Waals surface area contributed by atoms with Gasteiger partial charge in [-0.15, -0.1) is 0 Å². The van der Waals surface area contributed by atoms with Crippen molar-refractivity contribution in [2.24, 2.45) is 0 Å². The highest BCUT2D eigenvalue weighted by atomic mass is 16.5. The summed E-state index contributed by atoms with van der Waals surface area (Å²) >= 11 is 0. The van der Waals surface area contributed by atoms with E-state index in [-0.39, 0.29) is 0 Å². The average molecular weight is 441 g/mol. The van der Waals surface area contributed by atoms with Crippen LogP contribution in [0.4, 0.5) is 0 Å². The van der Waals surface area contributed by atoms with Crippen molar-refractivity contribution in [3.8, 4) is 22.8 Å². The summed E-state index contributed by atoms with van der Waals surface area (Å²) < 4.78 is 12.0. The second-order valence-electron chi connectivity index (χ2n) is 8.88. The first kappa shape index (κ1) is 21.7. The molecule has 4 heteroatoms. The minimum absolute atomic E-state index is 0.603. The molecule has 0 aliphatic carbocycles. The molecule has 0 atom stereocenters. The number of rotatable bonds is 7. The Balaban J connectivity index is 1.69. The van der Waals surface area contributed by atoms with E-state index in [4.69, 9.17) is 14.5 Å². The summed E-state index contributed by atoms with van der Waals surface area (Å²) in [5.41, 5.74) is 5.97. The number of benzene rings is 3. The van der Waals surface area contributed by atoms with Gasteiger partial charge in [-0.25, -0.2) is 4.98 Å². The largest absolute Gasteiger partial charge is 0.490 e. The average Bonchev–Trinajstić information content (AvgIpc) is 2.84. The zero-order chi connectivity index (χ0) is 22.8. The summed E-state index contributed by atoms with van der Waals surface area (Å²) in [6.07, 6.45) is 3.17.